The molecule has 0 atom stereocenters. The molecule has 0 fully saturated rings. The third-order valence-electron chi connectivity index (χ3n) is 21.0. The van der Waals surface area contributed by atoms with Crippen LogP contribution in [0.2, 0.25) is 0 Å². The third-order valence-corrected chi connectivity index (χ3v) is 22.7. The minimum absolute atomic E-state index is 0. The van der Waals surface area contributed by atoms with Crippen LogP contribution in [-0.4, -0.2) is 114 Å². The van der Waals surface area contributed by atoms with Gasteiger partial charge in [-0.2, -0.15) is 0 Å². The Kier molecular flexibility index (Phi) is 78.2. The summed E-state index contributed by atoms with van der Waals surface area (Å²) >= 11 is 0. The molecule has 0 heterocycles. The molecule has 0 radical (unpaired) electrons. The van der Waals surface area contributed by atoms with E-state index < -0.39 is 53.9 Å². The van der Waals surface area contributed by atoms with Crippen molar-refractivity contribution in [3.8, 4) is 0 Å². The Labute approximate surface area is 722 Å². The van der Waals surface area contributed by atoms with Gasteiger partial charge < -0.3 is 28.1 Å². The summed E-state index contributed by atoms with van der Waals surface area (Å²) in [5.41, 5.74) is -0.777. The molecule has 0 aromatic heterocycles. The van der Waals surface area contributed by atoms with E-state index in [1.165, 1.54) is 334 Å². The molecule has 0 aliphatic carbocycles. The van der Waals surface area contributed by atoms with E-state index in [0.29, 0.717) is 25.7 Å². The van der Waals surface area contributed by atoms with Crippen molar-refractivity contribution >= 4 is 81.9 Å². The second kappa shape index (κ2) is 80.8. The fourth-order valence-electron chi connectivity index (χ4n) is 13.9. The fourth-order valence-corrected chi connectivity index (χ4v) is 14.9. The number of benzene rings is 2. The monoisotopic (exact) mass is 1640 g/mol. The van der Waals surface area contributed by atoms with Gasteiger partial charge in [0.25, 0.3) is 0 Å². The zero-order valence-electron chi connectivity index (χ0n) is 72.4. The second-order valence-electron chi connectivity index (χ2n) is 31.4. The molecule has 2 aromatic rings. The van der Waals surface area contributed by atoms with Crippen molar-refractivity contribution in [2.24, 2.45) is 0 Å². The van der Waals surface area contributed by atoms with Gasteiger partial charge in [0.2, 0.25) is 0 Å². The SMILES string of the molecule is CCCCCCCCCCCCCCC/C=C/CCCOC(=O)c1ccc(S(=O)(=O)[O-])cc1C(=O)OCCC/C=C/CCCCCCCCCCCCCCC.CCCCCCCCCCCCCCC/C=C/CCCOC(=O)c1ccc(S(=O)(=O)[O-])cc1C(=O)OCCC/C=C/CCCCCCCCCCCCCCC.[Ca+2]. The molecule has 17 heteroatoms. The molecule has 0 unspecified atom stereocenters. The number of hydrogen-bond acceptors (Lipinski definition) is 14. The first kappa shape index (κ1) is 109. The summed E-state index contributed by atoms with van der Waals surface area (Å²) in [6.07, 6.45) is 96.5. The Bertz CT molecular complexity index is 2740. The largest absolute Gasteiger partial charge is 2.00 e. The van der Waals surface area contributed by atoms with E-state index in [0.717, 1.165) is 87.8 Å². The van der Waals surface area contributed by atoms with Crippen LogP contribution < -0.4 is 0 Å². The van der Waals surface area contributed by atoms with Gasteiger partial charge in [-0.1, -0.05) is 385 Å². The minimum atomic E-state index is -4.83. The maximum atomic E-state index is 12.9. The van der Waals surface area contributed by atoms with Crippen LogP contribution in [0.5, 0.6) is 0 Å². The van der Waals surface area contributed by atoms with Crippen molar-refractivity contribution < 1.29 is 64.1 Å². The van der Waals surface area contributed by atoms with E-state index in [4.69, 9.17) is 18.9 Å². The molecule has 14 nitrogen and oxygen atoms in total. The van der Waals surface area contributed by atoms with Crippen LogP contribution in [-0.2, 0) is 39.2 Å². The van der Waals surface area contributed by atoms with Crippen molar-refractivity contribution in [3.05, 3.63) is 107 Å². The molecule has 0 saturated heterocycles. The average Bonchev–Trinajstić information content (AvgIpc) is 0.814. The van der Waals surface area contributed by atoms with E-state index in [1.807, 2.05) is 0 Å². The number of allylic oxidation sites excluding steroid dienone is 8. The Hall–Kier alpha value is -3.64. The van der Waals surface area contributed by atoms with Crippen LogP contribution in [0.3, 0.4) is 0 Å². The predicted octanol–water partition coefficient (Wildman–Crippen LogP) is 28.7. The predicted molar refractivity (Wildman–Crippen MR) is 470 cm³/mol. The van der Waals surface area contributed by atoms with Crippen LogP contribution in [0.15, 0.2) is 94.8 Å². The molecular formula is C96H162CaO14S2. The van der Waals surface area contributed by atoms with Gasteiger partial charge in [-0.25, -0.2) is 36.0 Å². The maximum absolute atomic E-state index is 12.9. The summed E-state index contributed by atoms with van der Waals surface area (Å²) in [4.78, 5) is 50.4. The van der Waals surface area contributed by atoms with Gasteiger partial charge in [-0.05, 0) is 139 Å². The van der Waals surface area contributed by atoms with Crippen molar-refractivity contribution in [1.29, 1.82) is 0 Å². The molecule has 0 spiro atoms. The van der Waals surface area contributed by atoms with E-state index in [-0.39, 0.29) is 86.4 Å². The van der Waals surface area contributed by atoms with Gasteiger partial charge in [0.05, 0.1) is 58.5 Å². The molecule has 644 valence electrons. The number of carbonyl (C=O) groups is 4. The van der Waals surface area contributed by atoms with Crippen molar-refractivity contribution in [2.75, 3.05) is 26.4 Å². The van der Waals surface area contributed by atoms with E-state index in [1.54, 1.807) is 0 Å². The van der Waals surface area contributed by atoms with Gasteiger partial charge in [-0.15, -0.1) is 0 Å². The van der Waals surface area contributed by atoms with Crippen molar-refractivity contribution in [2.45, 2.75) is 448 Å². The Balaban J connectivity index is 0.00000220. The molecule has 0 saturated carbocycles. The van der Waals surface area contributed by atoms with Gasteiger partial charge in [0.15, 0.2) is 0 Å². The average molecular weight is 1640 g/mol. The molecule has 2 rings (SSSR count). The number of unbranched alkanes of at least 4 members (excludes halogenated alkanes) is 56. The molecule has 2 aromatic carbocycles. The molecule has 0 bridgehead atoms. The number of carbonyl (C=O) groups excluding carboxylic acids is 4. The third kappa shape index (κ3) is 67.9. The zero-order chi connectivity index (χ0) is 81.6. The summed E-state index contributed by atoms with van der Waals surface area (Å²) in [7, 11) is -9.66. The van der Waals surface area contributed by atoms with Crippen molar-refractivity contribution in [3.63, 3.8) is 0 Å². The zero-order valence-corrected chi connectivity index (χ0v) is 76.2. The Morgan fingerprint density at radius 2 is 0.389 bits per heavy atom. The summed E-state index contributed by atoms with van der Waals surface area (Å²) in [6.45, 7) is 9.58. The first-order valence-electron chi connectivity index (χ1n) is 46.1. The fraction of sp³-hybridized carbons (Fsp3) is 0.750. The van der Waals surface area contributed by atoms with E-state index in [9.17, 15) is 45.1 Å². The summed E-state index contributed by atoms with van der Waals surface area (Å²) in [5.74, 6) is -3.21. The molecule has 0 amide bonds. The maximum Gasteiger partial charge on any atom is 2.00 e. The van der Waals surface area contributed by atoms with Crippen LogP contribution in [0.4, 0.5) is 0 Å². The molecule has 0 N–H and O–H groups in total. The van der Waals surface area contributed by atoms with Crippen LogP contribution in [0.1, 0.15) is 480 Å². The minimum Gasteiger partial charge on any atom is -0.744 e. The Morgan fingerprint density at radius 3 is 0.558 bits per heavy atom. The summed E-state index contributed by atoms with van der Waals surface area (Å²) in [6, 6.07) is 6.18. The summed E-state index contributed by atoms with van der Waals surface area (Å²) < 4.78 is 91.5. The van der Waals surface area contributed by atoms with Crippen LogP contribution in [0, 0.1) is 0 Å². The number of esters is 4. The number of hydrogen-bond donors (Lipinski definition) is 0. The second-order valence-corrected chi connectivity index (χ2v) is 34.2. The molecule has 0 aliphatic heterocycles. The van der Waals surface area contributed by atoms with Crippen molar-refractivity contribution in [1.82, 2.24) is 0 Å². The number of rotatable bonds is 78. The molecular weight excluding hydrogens is 1480 g/mol. The first-order valence-corrected chi connectivity index (χ1v) is 48.9. The van der Waals surface area contributed by atoms with Gasteiger partial charge in [0.1, 0.15) is 20.2 Å². The molecule has 113 heavy (non-hydrogen) atoms. The van der Waals surface area contributed by atoms with Crippen LogP contribution in [0.25, 0.3) is 0 Å². The first-order chi connectivity index (χ1) is 54.6. The van der Waals surface area contributed by atoms with Gasteiger partial charge >= 0.3 is 61.6 Å². The standard InChI is InChI=1S/2C48H82O7S.Ca/c2*1-3-5-7-9-11-13-15-17-19-21-23-25-27-29-31-33-35-37-41-54-47(49)45-40-39-44(56(51,52)53)43-46(45)48(50)55-42-38-36-34-32-30-28-26-24-22-20-18-16-14-12-10-8-6-4-2;/h2*31-34,39-40,43H,3-30,35-38,41-42H2,1-2H3,(H,51,52,53);/q;;+2/p-2/b2*33-31+,34-32+;. The van der Waals surface area contributed by atoms with Crippen LogP contribution >= 0.6 is 0 Å². The normalized spacial score (nSPS) is 11.8. The summed E-state index contributed by atoms with van der Waals surface area (Å²) in [5, 5.41) is 0. The van der Waals surface area contributed by atoms with E-state index >= 15 is 0 Å². The van der Waals surface area contributed by atoms with E-state index in [2.05, 4.69) is 76.3 Å². The topological polar surface area (TPSA) is 220 Å². The molecule has 0 aliphatic rings. The smallest absolute Gasteiger partial charge is 0.744 e. The Morgan fingerprint density at radius 1 is 0.239 bits per heavy atom. The number of ether oxygens (including phenoxy) is 4. The van der Waals surface area contributed by atoms with Gasteiger partial charge in [0, 0.05) is 0 Å². The van der Waals surface area contributed by atoms with Gasteiger partial charge in [-0.3, -0.25) is 0 Å². The quantitative estimate of drug-likeness (QED) is 0.0150.